The molecule has 1 aromatic carbocycles. The summed E-state index contributed by atoms with van der Waals surface area (Å²) in [6.07, 6.45) is 0. The van der Waals surface area contributed by atoms with Crippen LogP contribution in [0.1, 0.15) is 26.3 Å². The average molecular weight is 194 g/mol. The Morgan fingerprint density at radius 3 is 2.14 bits per heavy atom. The molecule has 0 aliphatic carbocycles. The van der Waals surface area contributed by atoms with Gasteiger partial charge in [-0.15, -0.1) is 11.5 Å². The number of hydrogen-bond acceptors (Lipinski definition) is 3. The van der Waals surface area contributed by atoms with Crippen LogP contribution < -0.4 is 14.9 Å². The van der Waals surface area contributed by atoms with Crippen LogP contribution in [0.2, 0.25) is 0 Å². The van der Waals surface area contributed by atoms with Crippen molar-refractivity contribution in [1.29, 1.82) is 0 Å². The zero-order chi connectivity index (χ0) is 10.9. The highest BCUT2D eigenvalue weighted by molar-refractivity contribution is 5.54. The molecule has 0 aliphatic heterocycles. The number of ether oxygens (including phenoxy) is 1. The Balaban J connectivity index is 3.44. The van der Waals surface area contributed by atoms with Gasteiger partial charge in [0, 0.05) is 0 Å². The van der Waals surface area contributed by atoms with Crippen LogP contribution in [0, 0.1) is 0 Å². The van der Waals surface area contributed by atoms with Crippen molar-refractivity contribution in [1.82, 2.24) is 0 Å². The highest BCUT2D eigenvalue weighted by Gasteiger charge is 2.19. The van der Waals surface area contributed by atoms with Gasteiger partial charge in [-0.05, 0) is 17.0 Å². The van der Waals surface area contributed by atoms with Crippen molar-refractivity contribution in [2.45, 2.75) is 26.2 Å². The van der Waals surface area contributed by atoms with Gasteiger partial charge in [-0.25, -0.2) is 0 Å². The highest BCUT2D eigenvalue weighted by Crippen LogP contribution is 2.40. The predicted molar refractivity (Wildman–Crippen MR) is 50.6 cm³/mol. The monoisotopic (exact) mass is 194 g/mol. The van der Waals surface area contributed by atoms with Crippen LogP contribution in [0.3, 0.4) is 0 Å². The van der Waals surface area contributed by atoms with Crippen LogP contribution in [-0.2, 0) is 5.41 Å². The summed E-state index contributed by atoms with van der Waals surface area (Å²) >= 11 is 0. The van der Waals surface area contributed by atoms with Crippen molar-refractivity contribution in [2.75, 3.05) is 7.11 Å². The topological polar surface area (TPSA) is 55.3 Å². The quantitative estimate of drug-likeness (QED) is 0.673. The Bertz CT molecular complexity index is 337. The molecular formula is C11H14O3-2. The van der Waals surface area contributed by atoms with Crippen LogP contribution in [0.4, 0.5) is 0 Å². The van der Waals surface area contributed by atoms with Crippen molar-refractivity contribution < 1.29 is 14.9 Å². The molecule has 0 aromatic heterocycles. The van der Waals surface area contributed by atoms with E-state index in [9.17, 15) is 10.2 Å². The highest BCUT2D eigenvalue weighted by atomic mass is 16.5. The molecule has 0 fully saturated rings. The summed E-state index contributed by atoms with van der Waals surface area (Å²) in [6.45, 7) is 5.64. The molecule has 0 saturated heterocycles. The summed E-state index contributed by atoms with van der Waals surface area (Å²) < 4.78 is 5.07. The molecule has 0 saturated carbocycles. The maximum atomic E-state index is 11.6. The molecule has 1 aromatic rings. The minimum atomic E-state index is -0.476. The molecule has 0 N–H and O–H groups in total. The van der Waals surface area contributed by atoms with Gasteiger partial charge in [0.25, 0.3) is 0 Å². The smallest absolute Gasteiger partial charge is 0.121 e. The zero-order valence-electron chi connectivity index (χ0n) is 8.88. The summed E-state index contributed by atoms with van der Waals surface area (Å²) in [6, 6.07) is 2.79. The van der Waals surface area contributed by atoms with Crippen LogP contribution in [-0.4, -0.2) is 7.11 Å². The third kappa shape index (κ3) is 1.76. The first-order valence-corrected chi connectivity index (χ1v) is 4.43. The molecule has 0 atom stereocenters. The SMILES string of the molecule is COc1ccc([O-])c([O-])c1C(C)(C)C. The van der Waals surface area contributed by atoms with E-state index in [1.807, 2.05) is 20.8 Å². The normalized spacial score (nSPS) is 11.4. The maximum Gasteiger partial charge on any atom is 0.121 e. The molecule has 0 radical (unpaired) electrons. The van der Waals surface area contributed by atoms with E-state index in [2.05, 4.69) is 0 Å². The van der Waals surface area contributed by atoms with Gasteiger partial charge in [0.2, 0.25) is 0 Å². The number of methoxy groups -OCH3 is 1. The van der Waals surface area contributed by atoms with Crippen LogP contribution in [0.25, 0.3) is 0 Å². The minimum absolute atomic E-state index is 0.372. The van der Waals surface area contributed by atoms with Gasteiger partial charge in [0.1, 0.15) is 5.75 Å². The largest absolute Gasteiger partial charge is 0.873 e. The Kier molecular flexibility index (Phi) is 2.60. The van der Waals surface area contributed by atoms with Crippen molar-refractivity contribution in [3.8, 4) is 17.2 Å². The van der Waals surface area contributed by atoms with Crippen LogP contribution in [0.15, 0.2) is 12.1 Å². The molecule has 0 bridgehead atoms. The first-order valence-electron chi connectivity index (χ1n) is 4.43. The van der Waals surface area contributed by atoms with Crippen molar-refractivity contribution in [2.24, 2.45) is 0 Å². The Morgan fingerprint density at radius 1 is 1.14 bits per heavy atom. The second kappa shape index (κ2) is 3.40. The maximum absolute atomic E-state index is 11.6. The number of hydrogen-bond donors (Lipinski definition) is 0. The number of benzene rings is 1. The molecule has 78 valence electrons. The molecule has 3 heteroatoms. The van der Waals surface area contributed by atoms with Gasteiger partial charge < -0.3 is 14.9 Å². The lowest BCUT2D eigenvalue weighted by atomic mass is 9.85. The standard InChI is InChI=1S/C11H16O3/c1-11(2,3)9-8(14-4)6-5-7(12)10(9)13/h5-6,12-13H,1-4H3/p-2. The molecule has 14 heavy (non-hydrogen) atoms. The van der Waals surface area contributed by atoms with Gasteiger partial charge in [0.15, 0.2) is 0 Å². The van der Waals surface area contributed by atoms with E-state index in [0.29, 0.717) is 11.3 Å². The van der Waals surface area contributed by atoms with E-state index < -0.39 is 11.5 Å². The fourth-order valence-corrected chi connectivity index (χ4v) is 1.43. The lowest BCUT2D eigenvalue weighted by molar-refractivity contribution is -0.318. The van der Waals surface area contributed by atoms with Crippen LogP contribution in [0.5, 0.6) is 17.2 Å². The van der Waals surface area contributed by atoms with Crippen molar-refractivity contribution >= 4 is 0 Å². The molecule has 0 aliphatic rings. The molecule has 0 heterocycles. The van der Waals surface area contributed by atoms with Gasteiger partial charge >= 0.3 is 0 Å². The lowest BCUT2D eigenvalue weighted by Gasteiger charge is -2.31. The first kappa shape index (κ1) is 10.7. The first-order chi connectivity index (χ1) is 6.38. The zero-order valence-corrected chi connectivity index (χ0v) is 8.88. The van der Waals surface area contributed by atoms with Gasteiger partial charge in [-0.1, -0.05) is 26.8 Å². The summed E-state index contributed by atoms with van der Waals surface area (Å²) in [5.74, 6) is -0.449. The Morgan fingerprint density at radius 2 is 1.71 bits per heavy atom. The third-order valence-corrected chi connectivity index (χ3v) is 2.05. The summed E-state index contributed by atoms with van der Waals surface area (Å²) in [7, 11) is 1.49. The molecule has 0 amide bonds. The molecule has 0 unspecified atom stereocenters. The second-order valence-corrected chi connectivity index (χ2v) is 4.22. The minimum Gasteiger partial charge on any atom is -0.873 e. The van der Waals surface area contributed by atoms with E-state index in [1.54, 1.807) is 6.07 Å². The van der Waals surface area contributed by atoms with E-state index in [1.165, 1.54) is 13.2 Å². The van der Waals surface area contributed by atoms with E-state index >= 15 is 0 Å². The second-order valence-electron chi connectivity index (χ2n) is 4.22. The third-order valence-electron chi connectivity index (χ3n) is 2.05. The van der Waals surface area contributed by atoms with Gasteiger partial charge in [-0.2, -0.15) is 0 Å². The fourth-order valence-electron chi connectivity index (χ4n) is 1.43. The molecule has 3 nitrogen and oxygen atoms in total. The molecule has 0 spiro atoms. The van der Waals surface area contributed by atoms with E-state index in [-0.39, 0.29) is 5.41 Å². The predicted octanol–water partition coefficient (Wildman–Crippen LogP) is 1.14. The summed E-state index contributed by atoms with van der Waals surface area (Å²) in [5, 5.41) is 22.8. The fraction of sp³-hybridized carbons (Fsp3) is 0.455. The number of rotatable bonds is 1. The average Bonchev–Trinajstić information content (AvgIpc) is 2.07. The Labute approximate surface area is 84.0 Å². The Hall–Kier alpha value is -1.38. The molecule has 1 rings (SSSR count). The van der Waals surface area contributed by atoms with E-state index in [4.69, 9.17) is 4.74 Å². The van der Waals surface area contributed by atoms with Crippen molar-refractivity contribution in [3.05, 3.63) is 17.7 Å². The van der Waals surface area contributed by atoms with Gasteiger partial charge in [-0.3, -0.25) is 0 Å². The van der Waals surface area contributed by atoms with Crippen molar-refractivity contribution in [3.63, 3.8) is 0 Å². The molecular weight excluding hydrogens is 180 g/mol. The van der Waals surface area contributed by atoms with Gasteiger partial charge in [0.05, 0.1) is 7.11 Å². The summed E-state index contributed by atoms with van der Waals surface area (Å²) in [4.78, 5) is 0. The lowest BCUT2D eigenvalue weighted by Crippen LogP contribution is -2.17. The summed E-state index contributed by atoms with van der Waals surface area (Å²) in [5.41, 5.74) is 0.0792. The van der Waals surface area contributed by atoms with E-state index in [0.717, 1.165) is 0 Å². The van der Waals surface area contributed by atoms with Crippen LogP contribution >= 0.6 is 0 Å².